The molecule has 4 rings (SSSR count). The number of fused-ring (bicyclic) bond motifs is 2. The second kappa shape index (κ2) is 4.52. The summed E-state index contributed by atoms with van der Waals surface area (Å²) in [6.45, 7) is 1.56. The normalized spacial score (nSPS) is 14.4. The van der Waals surface area contributed by atoms with Crippen LogP contribution in [0.25, 0.3) is 5.65 Å². The van der Waals surface area contributed by atoms with Crippen molar-refractivity contribution in [3.63, 3.8) is 0 Å². The van der Waals surface area contributed by atoms with Crippen molar-refractivity contribution >= 4 is 23.2 Å². The third kappa shape index (κ3) is 1.87. The molecule has 0 aromatic carbocycles. The van der Waals surface area contributed by atoms with Gasteiger partial charge < -0.3 is 4.90 Å². The highest BCUT2D eigenvalue weighted by Crippen LogP contribution is 2.22. The first-order valence-electron chi connectivity index (χ1n) is 6.39. The van der Waals surface area contributed by atoms with E-state index in [1.54, 1.807) is 28.0 Å². The van der Waals surface area contributed by atoms with Gasteiger partial charge in [0.25, 0.3) is 5.91 Å². The van der Waals surface area contributed by atoms with E-state index in [1.807, 2.05) is 0 Å². The molecule has 0 radical (unpaired) electrons. The van der Waals surface area contributed by atoms with Crippen LogP contribution in [0.5, 0.6) is 0 Å². The van der Waals surface area contributed by atoms with Crippen LogP contribution in [0.1, 0.15) is 16.3 Å². The van der Waals surface area contributed by atoms with Gasteiger partial charge in [-0.2, -0.15) is 10.2 Å². The lowest BCUT2D eigenvalue weighted by Gasteiger charge is -2.26. The average Bonchev–Trinajstić information content (AvgIpc) is 3.11. The Labute approximate surface area is 124 Å². The maximum absolute atomic E-state index is 12.6. The number of rotatable bonds is 1. The van der Waals surface area contributed by atoms with Crippen LogP contribution >= 0.6 is 11.6 Å². The summed E-state index contributed by atoms with van der Waals surface area (Å²) in [4.78, 5) is 22.5. The quantitative estimate of drug-likeness (QED) is 0.658. The lowest BCUT2D eigenvalue weighted by Crippen LogP contribution is -2.39. The minimum absolute atomic E-state index is 0.211. The smallest absolute Gasteiger partial charge is 0.276 e. The van der Waals surface area contributed by atoms with Gasteiger partial charge in [0, 0.05) is 18.9 Å². The Hall–Kier alpha value is -2.48. The van der Waals surface area contributed by atoms with Crippen LogP contribution in [0.15, 0.2) is 24.8 Å². The van der Waals surface area contributed by atoms with Gasteiger partial charge in [-0.3, -0.25) is 4.79 Å². The van der Waals surface area contributed by atoms with Crippen molar-refractivity contribution in [2.24, 2.45) is 0 Å². The van der Waals surface area contributed by atoms with E-state index in [4.69, 9.17) is 11.6 Å². The van der Waals surface area contributed by atoms with Crippen molar-refractivity contribution in [1.29, 1.82) is 0 Å². The molecule has 1 amide bonds. The van der Waals surface area contributed by atoms with Gasteiger partial charge in [0.05, 0.1) is 13.1 Å². The lowest BCUT2D eigenvalue weighted by molar-refractivity contribution is 0.0696. The topological polar surface area (TPSA) is 81.2 Å². The van der Waals surface area contributed by atoms with E-state index in [0.717, 1.165) is 5.82 Å². The molecule has 3 aromatic heterocycles. The van der Waals surface area contributed by atoms with Gasteiger partial charge in [-0.15, -0.1) is 0 Å². The molecule has 0 N–H and O–H groups in total. The number of halogens is 1. The van der Waals surface area contributed by atoms with E-state index in [-0.39, 0.29) is 16.6 Å². The minimum Gasteiger partial charge on any atom is -0.328 e. The van der Waals surface area contributed by atoms with Crippen LogP contribution < -0.4 is 0 Å². The standard InChI is InChI=1S/C12H10ClN7O/c13-9-10(17-20-3-1-2-14-11(9)20)12(21)18-4-5-19-8(6-18)15-7-16-19/h1-3,7H,4-6H2. The third-order valence-corrected chi connectivity index (χ3v) is 3.79. The summed E-state index contributed by atoms with van der Waals surface area (Å²) in [7, 11) is 0. The molecule has 0 saturated carbocycles. The van der Waals surface area contributed by atoms with E-state index < -0.39 is 0 Å². The molecule has 0 aliphatic carbocycles. The second-order valence-corrected chi connectivity index (χ2v) is 5.05. The second-order valence-electron chi connectivity index (χ2n) is 4.68. The highest BCUT2D eigenvalue weighted by Gasteiger charge is 2.27. The summed E-state index contributed by atoms with van der Waals surface area (Å²) in [6.07, 6.45) is 4.81. The van der Waals surface area contributed by atoms with Gasteiger partial charge >= 0.3 is 0 Å². The van der Waals surface area contributed by atoms with E-state index in [2.05, 4.69) is 20.2 Å². The molecule has 0 bridgehead atoms. The van der Waals surface area contributed by atoms with Gasteiger partial charge in [-0.05, 0) is 6.07 Å². The van der Waals surface area contributed by atoms with Crippen molar-refractivity contribution in [2.75, 3.05) is 6.54 Å². The maximum atomic E-state index is 12.6. The molecule has 4 heterocycles. The molecule has 21 heavy (non-hydrogen) atoms. The SMILES string of the molecule is O=C(c1nn2cccnc2c1Cl)N1CCn2ncnc2C1. The van der Waals surface area contributed by atoms with Crippen LogP contribution in [0.3, 0.4) is 0 Å². The van der Waals surface area contributed by atoms with Gasteiger partial charge in [0.15, 0.2) is 11.3 Å². The third-order valence-electron chi connectivity index (χ3n) is 3.44. The molecule has 0 fully saturated rings. The molecule has 9 heteroatoms. The number of carbonyl (C=O) groups is 1. The van der Waals surface area contributed by atoms with Crippen molar-refractivity contribution in [3.05, 3.63) is 41.3 Å². The van der Waals surface area contributed by atoms with Crippen LogP contribution in [-0.4, -0.2) is 46.7 Å². The summed E-state index contributed by atoms with van der Waals surface area (Å²) < 4.78 is 3.29. The zero-order chi connectivity index (χ0) is 14.4. The van der Waals surface area contributed by atoms with Gasteiger partial charge in [0.2, 0.25) is 0 Å². The predicted molar refractivity (Wildman–Crippen MR) is 72.8 cm³/mol. The fourth-order valence-corrected chi connectivity index (χ4v) is 2.64. The summed E-state index contributed by atoms with van der Waals surface area (Å²) in [6, 6.07) is 1.73. The van der Waals surface area contributed by atoms with Gasteiger partial charge in [-0.1, -0.05) is 11.6 Å². The average molecular weight is 304 g/mol. The number of hydrogen-bond acceptors (Lipinski definition) is 5. The van der Waals surface area contributed by atoms with Crippen LogP contribution in [0.2, 0.25) is 5.02 Å². The largest absolute Gasteiger partial charge is 0.328 e. The van der Waals surface area contributed by atoms with Crippen LogP contribution in [0.4, 0.5) is 0 Å². The Morgan fingerprint density at radius 2 is 2.19 bits per heavy atom. The summed E-state index contributed by atoms with van der Waals surface area (Å²) in [5.74, 6) is 0.535. The van der Waals surface area contributed by atoms with Crippen LogP contribution in [0, 0.1) is 0 Å². The Bertz CT molecular complexity index is 839. The van der Waals surface area contributed by atoms with Gasteiger partial charge in [0.1, 0.15) is 17.2 Å². The minimum atomic E-state index is -0.222. The molecular weight excluding hydrogens is 294 g/mol. The number of aromatic nitrogens is 6. The van der Waals surface area contributed by atoms with Gasteiger partial charge in [-0.25, -0.2) is 19.2 Å². The molecule has 1 aliphatic rings. The first-order chi connectivity index (χ1) is 10.2. The molecule has 0 atom stereocenters. The molecule has 0 saturated heterocycles. The fourth-order valence-electron chi connectivity index (χ4n) is 2.38. The summed E-state index contributed by atoms with van der Waals surface area (Å²) >= 11 is 6.22. The maximum Gasteiger partial charge on any atom is 0.276 e. The Kier molecular flexibility index (Phi) is 2.64. The van der Waals surface area contributed by atoms with Crippen LogP contribution in [-0.2, 0) is 13.1 Å². The summed E-state index contributed by atoms with van der Waals surface area (Å²) in [5, 5.41) is 8.58. The number of nitrogens with zero attached hydrogens (tertiary/aromatic N) is 7. The fraction of sp³-hybridized carbons (Fsp3) is 0.250. The van der Waals surface area contributed by atoms with Crippen molar-refractivity contribution < 1.29 is 4.79 Å². The van der Waals surface area contributed by atoms with Crippen molar-refractivity contribution in [2.45, 2.75) is 13.1 Å². The Morgan fingerprint density at radius 1 is 1.29 bits per heavy atom. The highest BCUT2D eigenvalue weighted by molar-refractivity contribution is 6.36. The molecule has 106 valence electrons. The zero-order valence-electron chi connectivity index (χ0n) is 10.8. The lowest BCUT2D eigenvalue weighted by atomic mass is 10.3. The number of hydrogen-bond donors (Lipinski definition) is 0. The number of carbonyl (C=O) groups excluding carboxylic acids is 1. The Balaban J connectivity index is 1.69. The molecule has 0 unspecified atom stereocenters. The predicted octanol–water partition coefficient (Wildman–Crippen LogP) is 0.630. The Morgan fingerprint density at radius 3 is 3.05 bits per heavy atom. The molecule has 3 aromatic rings. The van der Waals surface area contributed by atoms with Crippen molar-refractivity contribution in [3.8, 4) is 0 Å². The highest BCUT2D eigenvalue weighted by atomic mass is 35.5. The monoisotopic (exact) mass is 303 g/mol. The molecular formula is C12H10ClN7O. The number of amides is 1. The molecule has 8 nitrogen and oxygen atoms in total. The zero-order valence-corrected chi connectivity index (χ0v) is 11.6. The molecule has 1 aliphatic heterocycles. The van der Waals surface area contributed by atoms with E-state index in [9.17, 15) is 4.79 Å². The van der Waals surface area contributed by atoms with E-state index in [1.165, 1.54) is 10.8 Å². The summed E-state index contributed by atoms with van der Waals surface area (Å²) in [5.41, 5.74) is 0.686. The first-order valence-corrected chi connectivity index (χ1v) is 6.76. The van der Waals surface area contributed by atoms with Crippen molar-refractivity contribution in [1.82, 2.24) is 34.3 Å². The molecule has 0 spiro atoms. The van der Waals surface area contributed by atoms with E-state index >= 15 is 0 Å². The first kappa shape index (κ1) is 12.3. The van der Waals surface area contributed by atoms with E-state index in [0.29, 0.717) is 25.3 Å².